The van der Waals surface area contributed by atoms with Gasteiger partial charge in [0, 0.05) is 23.9 Å². The molecule has 1 amide bonds. The Morgan fingerprint density at radius 1 is 1.17 bits per heavy atom. The zero-order valence-electron chi connectivity index (χ0n) is 16.4. The van der Waals surface area contributed by atoms with Gasteiger partial charge in [-0.25, -0.2) is 9.38 Å². The van der Waals surface area contributed by atoms with Gasteiger partial charge in [0.1, 0.15) is 5.82 Å². The van der Waals surface area contributed by atoms with E-state index in [0.29, 0.717) is 29.3 Å². The van der Waals surface area contributed by atoms with Crippen LogP contribution in [0.5, 0.6) is 11.5 Å². The molecule has 0 bridgehead atoms. The van der Waals surface area contributed by atoms with Crippen molar-refractivity contribution in [1.82, 2.24) is 5.32 Å². The van der Waals surface area contributed by atoms with E-state index in [4.69, 9.17) is 14.2 Å². The number of anilines is 1. The highest BCUT2D eigenvalue weighted by Gasteiger charge is 2.16. The summed E-state index contributed by atoms with van der Waals surface area (Å²) in [5.41, 5.74) is 0.985. The number of hydrogen-bond acceptors (Lipinski definition) is 5. The van der Waals surface area contributed by atoms with Crippen LogP contribution >= 0.6 is 0 Å². The van der Waals surface area contributed by atoms with Crippen LogP contribution < -0.4 is 20.1 Å². The van der Waals surface area contributed by atoms with Crippen LogP contribution in [-0.2, 0) is 4.74 Å². The van der Waals surface area contributed by atoms with Gasteiger partial charge in [-0.3, -0.25) is 10.1 Å². The van der Waals surface area contributed by atoms with Crippen LogP contribution in [0.15, 0.2) is 47.5 Å². The Morgan fingerprint density at radius 2 is 1.93 bits per heavy atom. The fourth-order valence-corrected chi connectivity index (χ4v) is 2.92. The molecule has 8 heteroatoms. The SMILES string of the molecule is COc1ccc(NC(=NC[C@@H]2CCCO2)NC(=O)c2ccc(F)cc2)cc1OC. The van der Waals surface area contributed by atoms with E-state index in [1.54, 1.807) is 32.4 Å². The third kappa shape index (κ3) is 5.68. The molecule has 0 radical (unpaired) electrons. The second-order valence-corrected chi connectivity index (χ2v) is 6.48. The number of halogens is 1. The Labute approximate surface area is 168 Å². The van der Waals surface area contributed by atoms with Gasteiger partial charge in [-0.05, 0) is 49.2 Å². The number of benzene rings is 2. The van der Waals surface area contributed by atoms with Crippen molar-refractivity contribution in [3.63, 3.8) is 0 Å². The lowest BCUT2D eigenvalue weighted by molar-refractivity contribution is 0.0975. The molecule has 0 unspecified atom stereocenters. The lowest BCUT2D eigenvalue weighted by Crippen LogP contribution is -2.36. The van der Waals surface area contributed by atoms with E-state index < -0.39 is 11.7 Å². The minimum absolute atomic E-state index is 0.0277. The molecule has 0 aromatic heterocycles. The summed E-state index contributed by atoms with van der Waals surface area (Å²) in [6.07, 6.45) is 1.96. The molecule has 1 fully saturated rings. The van der Waals surface area contributed by atoms with Crippen molar-refractivity contribution < 1.29 is 23.4 Å². The van der Waals surface area contributed by atoms with Crippen molar-refractivity contribution in [1.29, 1.82) is 0 Å². The molecule has 0 spiro atoms. The van der Waals surface area contributed by atoms with Gasteiger partial charge in [-0.1, -0.05) is 0 Å². The number of guanidine groups is 1. The summed E-state index contributed by atoms with van der Waals surface area (Å²) < 4.78 is 29.3. The average Bonchev–Trinajstić information content (AvgIpc) is 3.26. The van der Waals surface area contributed by atoms with E-state index >= 15 is 0 Å². The van der Waals surface area contributed by atoms with Crippen LogP contribution in [0.25, 0.3) is 0 Å². The quantitative estimate of drug-likeness (QED) is 0.574. The number of ether oxygens (including phenoxy) is 3. The van der Waals surface area contributed by atoms with Crippen LogP contribution in [0, 0.1) is 5.82 Å². The Kier molecular flexibility index (Phi) is 7.02. The van der Waals surface area contributed by atoms with Gasteiger partial charge in [0.05, 0.1) is 26.9 Å². The number of amides is 1. The maximum atomic E-state index is 13.1. The molecule has 2 N–H and O–H groups in total. The first kappa shape index (κ1) is 20.6. The summed E-state index contributed by atoms with van der Waals surface area (Å²) in [4.78, 5) is 17.0. The summed E-state index contributed by atoms with van der Waals surface area (Å²) in [6, 6.07) is 10.6. The van der Waals surface area contributed by atoms with E-state index in [1.165, 1.54) is 24.3 Å². The first-order chi connectivity index (χ1) is 14.1. The predicted octanol–water partition coefficient (Wildman–Crippen LogP) is 3.22. The van der Waals surface area contributed by atoms with Crippen molar-refractivity contribution in [2.45, 2.75) is 18.9 Å². The normalized spacial score (nSPS) is 16.4. The summed E-state index contributed by atoms with van der Waals surface area (Å²) in [7, 11) is 3.10. The Bertz CT molecular complexity index is 865. The van der Waals surface area contributed by atoms with E-state index in [-0.39, 0.29) is 12.1 Å². The number of methoxy groups -OCH3 is 2. The molecule has 1 aliphatic heterocycles. The first-order valence-electron chi connectivity index (χ1n) is 9.31. The van der Waals surface area contributed by atoms with Crippen molar-refractivity contribution in [2.75, 3.05) is 32.7 Å². The maximum Gasteiger partial charge on any atom is 0.257 e. The maximum absolute atomic E-state index is 13.1. The molecule has 2 aromatic carbocycles. The number of nitrogens with zero attached hydrogens (tertiary/aromatic N) is 1. The summed E-state index contributed by atoms with van der Waals surface area (Å²) in [5, 5.41) is 5.84. The van der Waals surface area contributed by atoms with Gasteiger partial charge in [-0.2, -0.15) is 0 Å². The molecule has 7 nitrogen and oxygen atoms in total. The molecular formula is C21H24FN3O4. The second kappa shape index (κ2) is 9.88. The van der Waals surface area contributed by atoms with E-state index in [2.05, 4.69) is 15.6 Å². The van der Waals surface area contributed by atoms with Gasteiger partial charge in [0.15, 0.2) is 11.5 Å². The minimum Gasteiger partial charge on any atom is -0.493 e. The van der Waals surface area contributed by atoms with Gasteiger partial charge in [0.25, 0.3) is 5.91 Å². The fourth-order valence-electron chi connectivity index (χ4n) is 2.92. The number of hydrogen-bond donors (Lipinski definition) is 2. The van der Waals surface area contributed by atoms with Crippen molar-refractivity contribution >= 4 is 17.6 Å². The molecule has 0 saturated carbocycles. The standard InChI is InChI=1S/C21H24FN3O4/c1-27-18-10-9-16(12-19(18)28-2)24-21(23-13-17-4-3-11-29-17)25-20(26)14-5-7-15(22)8-6-14/h5-10,12,17H,3-4,11,13H2,1-2H3,(H2,23,24,25,26)/t17-/m0/s1. The number of rotatable bonds is 6. The zero-order chi connectivity index (χ0) is 20.6. The van der Waals surface area contributed by atoms with Crippen LogP contribution in [0.1, 0.15) is 23.2 Å². The second-order valence-electron chi connectivity index (χ2n) is 6.48. The molecule has 1 heterocycles. The van der Waals surface area contributed by atoms with Crippen LogP contribution in [-0.4, -0.2) is 45.3 Å². The Morgan fingerprint density at radius 3 is 2.59 bits per heavy atom. The Hall–Kier alpha value is -3.13. The molecule has 3 rings (SSSR count). The highest BCUT2D eigenvalue weighted by atomic mass is 19.1. The lowest BCUT2D eigenvalue weighted by atomic mass is 10.2. The zero-order valence-corrected chi connectivity index (χ0v) is 16.4. The first-order valence-corrected chi connectivity index (χ1v) is 9.31. The van der Waals surface area contributed by atoms with Gasteiger partial charge in [0.2, 0.25) is 5.96 Å². The third-order valence-electron chi connectivity index (χ3n) is 4.46. The summed E-state index contributed by atoms with van der Waals surface area (Å²) in [5.74, 6) is 0.593. The molecular weight excluding hydrogens is 377 g/mol. The molecule has 2 aromatic rings. The van der Waals surface area contributed by atoms with Crippen LogP contribution in [0.2, 0.25) is 0 Å². The third-order valence-corrected chi connectivity index (χ3v) is 4.46. The number of nitrogens with one attached hydrogen (secondary N) is 2. The van der Waals surface area contributed by atoms with Crippen molar-refractivity contribution in [3.8, 4) is 11.5 Å². The predicted molar refractivity (Wildman–Crippen MR) is 108 cm³/mol. The summed E-state index contributed by atoms with van der Waals surface area (Å²) in [6.45, 7) is 1.14. The van der Waals surface area contributed by atoms with Crippen LogP contribution in [0.3, 0.4) is 0 Å². The van der Waals surface area contributed by atoms with E-state index in [1.807, 2.05) is 0 Å². The molecule has 154 valence electrons. The average molecular weight is 401 g/mol. The molecule has 0 aliphatic carbocycles. The van der Waals surface area contributed by atoms with E-state index in [0.717, 1.165) is 19.4 Å². The van der Waals surface area contributed by atoms with Crippen molar-refractivity contribution in [2.24, 2.45) is 4.99 Å². The smallest absolute Gasteiger partial charge is 0.257 e. The number of carbonyl (C=O) groups excluding carboxylic acids is 1. The fraction of sp³-hybridized carbons (Fsp3) is 0.333. The number of carbonyl (C=O) groups is 1. The lowest BCUT2D eigenvalue weighted by Gasteiger charge is -2.15. The monoisotopic (exact) mass is 401 g/mol. The highest BCUT2D eigenvalue weighted by molar-refractivity contribution is 6.10. The molecule has 1 saturated heterocycles. The van der Waals surface area contributed by atoms with Gasteiger partial charge < -0.3 is 19.5 Å². The molecule has 1 aliphatic rings. The number of aliphatic imine (C=N–C) groups is 1. The van der Waals surface area contributed by atoms with Gasteiger partial charge in [-0.15, -0.1) is 0 Å². The minimum atomic E-state index is -0.405. The van der Waals surface area contributed by atoms with Crippen molar-refractivity contribution in [3.05, 3.63) is 53.8 Å². The van der Waals surface area contributed by atoms with Crippen LogP contribution in [0.4, 0.5) is 10.1 Å². The largest absolute Gasteiger partial charge is 0.493 e. The van der Waals surface area contributed by atoms with E-state index in [9.17, 15) is 9.18 Å². The van der Waals surface area contributed by atoms with Gasteiger partial charge >= 0.3 is 0 Å². The topological polar surface area (TPSA) is 81.2 Å². The highest BCUT2D eigenvalue weighted by Crippen LogP contribution is 2.29. The molecule has 29 heavy (non-hydrogen) atoms. The summed E-state index contributed by atoms with van der Waals surface area (Å²) >= 11 is 0. The molecule has 1 atom stereocenters. The Balaban J connectivity index is 1.77.